The first-order valence-electron chi connectivity index (χ1n) is 6.88. The average molecular weight is 283 g/mol. The highest BCUT2D eigenvalue weighted by atomic mass is 35.5. The van der Waals surface area contributed by atoms with Gasteiger partial charge in [-0.25, -0.2) is 9.97 Å². The van der Waals surface area contributed by atoms with Crippen LogP contribution in [0.3, 0.4) is 0 Å². The lowest BCUT2D eigenvalue weighted by molar-refractivity contribution is 0.284. The maximum atomic E-state index is 5.88. The molecular formula is C14H23ClN4. The molecule has 4 nitrogen and oxygen atoms in total. The smallest absolute Gasteiger partial charge is 0.225 e. The number of alkyl halides is 1. The summed E-state index contributed by atoms with van der Waals surface area (Å²) in [7, 11) is 4.28. The van der Waals surface area contributed by atoms with E-state index in [4.69, 9.17) is 11.6 Å². The first kappa shape index (κ1) is 14.5. The summed E-state index contributed by atoms with van der Waals surface area (Å²) in [6.45, 7) is 5.27. The Bertz CT molecular complexity index is 414. The third kappa shape index (κ3) is 4.05. The molecule has 5 heteroatoms. The number of hydrogen-bond acceptors (Lipinski definition) is 4. The van der Waals surface area contributed by atoms with E-state index in [1.807, 2.05) is 13.0 Å². The Kier molecular flexibility index (Phi) is 4.99. The molecule has 0 N–H and O–H groups in total. The third-order valence-corrected chi connectivity index (χ3v) is 3.83. The standard InChI is InChI=1S/C14H23ClN4/c1-11-8-13(9-15)17-14(16-11)19-6-4-12(5-7-19)10-18(2)3/h8,12H,4-7,9-10H2,1-3H3. The molecule has 0 aromatic carbocycles. The zero-order chi connectivity index (χ0) is 13.8. The Morgan fingerprint density at radius 2 is 2.00 bits per heavy atom. The predicted octanol–water partition coefficient (Wildman–Crippen LogP) is 2.30. The molecule has 2 heterocycles. The van der Waals surface area contributed by atoms with Crippen molar-refractivity contribution in [3.63, 3.8) is 0 Å². The lowest BCUT2D eigenvalue weighted by Gasteiger charge is -2.33. The Morgan fingerprint density at radius 3 is 2.58 bits per heavy atom. The van der Waals surface area contributed by atoms with E-state index < -0.39 is 0 Å². The van der Waals surface area contributed by atoms with E-state index >= 15 is 0 Å². The molecule has 1 saturated heterocycles. The second-order valence-corrected chi connectivity index (χ2v) is 5.89. The number of aromatic nitrogens is 2. The van der Waals surface area contributed by atoms with Gasteiger partial charge in [-0.1, -0.05) is 0 Å². The van der Waals surface area contributed by atoms with E-state index in [2.05, 4.69) is 33.9 Å². The molecule has 2 rings (SSSR count). The highest BCUT2D eigenvalue weighted by Gasteiger charge is 2.21. The predicted molar refractivity (Wildman–Crippen MR) is 79.8 cm³/mol. The number of piperidine rings is 1. The van der Waals surface area contributed by atoms with Crippen molar-refractivity contribution in [2.75, 3.05) is 38.6 Å². The van der Waals surface area contributed by atoms with E-state index in [0.717, 1.165) is 36.3 Å². The van der Waals surface area contributed by atoms with E-state index in [-0.39, 0.29) is 0 Å². The monoisotopic (exact) mass is 282 g/mol. The number of aryl methyl sites for hydroxylation is 1. The van der Waals surface area contributed by atoms with Gasteiger partial charge in [-0.2, -0.15) is 0 Å². The van der Waals surface area contributed by atoms with Gasteiger partial charge in [-0.15, -0.1) is 11.6 Å². The molecule has 0 atom stereocenters. The van der Waals surface area contributed by atoms with Crippen LogP contribution in [-0.2, 0) is 5.88 Å². The van der Waals surface area contributed by atoms with Gasteiger partial charge in [-0.05, 0) is 45.8 Å². The summed E-state index contributed by atoms with van der Waals surface area (Å²) in [5.41, 5.74) is 1.91. The molecule has 0 spiro atoms. The normalized spacial score (nSPS) is 17.2. The van der Waals surface area contributed by atoms with Crippen molar-refractivity contribution in [3.05, 3.63) is 17.5 Å². The third-order valence-electron chi connectivity index (χ3n) is 3.55. The lowest BCUT2D eigenvalue weighted by Crippen LogP contribution is -2.38. The van der Waals surface area contributed by atoms with Crippen LogP contribution in [0.15, 0.2) is 6.07 Å². The van der Waals surface area contributed by atoms with Crippen LogP contribution in [-0.4, -0.2) is 48.6 Å². The van der Waals surface area contributed by atoms with Crippen molar-refractivity contribution in [2.24, 2.45) is 5.92 Å². The summed E-state index contributed by atoms with van der Waals surface area (Å²) >= 11 is 5.88. The zero-order valence-corrected chi connectivity index (χ0v) is 12.8. The summed E-state index contributed by atoms with van der Waals surface area (Å²) in [4.78, 5) is 13.6. The van der Waals surface area contributed by atoms with Crippen molar-refractivity contribution in [1.82, 2.24) is 14.9 Å². The largest absolute Gasteiger partial charge is 0.341 e. The van der Waals surface area contributed by atoms with Crippen LogP contribution in [0.5, 0.6) is 0 Å². The summed E-state index contributed by atoms with van der Waals surface area (Å²) in [5.74, 6) is 2.09. The minimum absolute atomic E-state index is 0.452. The minimum atomic E-state index is 0.452. The molecule has 1 aromatic rings. The Morgan fingerprint density at radius 1 is 1.32 bits per heavy atom. The molecule has 0 bridgehead atoms. The number of rotatable bonds is 4. The van der Waals surface area contributed by atoms with Gasteiger partial charge in [0.05, 0.1) is 11.6 Å². The molecule has 1 fully saturated rings. The van der Waals surface area contributed by atoms with E-state index in [9.17, 15) is 0 Å². The summed E-state index contributed by atoms with van der Waals surface area (Å²) in [5, 5.41) is 0. The van der Waals surface area contributed by atoms with Crippen molar-refractivity contribution >= 4 is 17.5 Å². The number of hydrogen-bond donors (Lipinski definition) is 0. The van der Waals surface area contributed by atoms with E-state index in [1.54, 1.807) is 0 Å². The fourth-order valence-corrected chi connectivity index (χ4v) is 2.80. The first-order valence-corrected chi connectivity index (χ1v) is 7.42. The van der Waals surface area contributed by atoms with Gasteiger partial charge >= 0.3 is 0 Å². The summed E-state index contributed by atoms with van der Waals surface area (Å²) in [6.07, 6.45) is 2.43. The van der Waals surface area contributed by atoms with Gasteiger partial charge < -0.3 is 9.80 Å². The van der Waals surface area contributed by atoms with E-state index in [0.29, 0.717) is 5.88 Å². The molecule has 1 aliphatic heterocycles. The van der Waals surface area contributed by atoms with Crippen molar-refractivity contribution in [1.29, 1.82) is 0 Å². The Hall–Kier alpha value is -0.870. The molecular weight excluding hydrogens is 260 g/mol. The van der Waals surface area contributed by atoms with Crippen LogP contribution in [0.1, 0.15) is 24.2 Å². The van der Waals surface area contributed by atoms with Gasteiger partial charge in [0.2, 0.25) is 5.95 Å². The zero-order valence-electron chi connectivity index (χ0n) is 12.1. The fraction of sp³-hybridized carbons (Fsp3) is 0.714. The molecule has 0 radical (unpaired) electrons. The second kappa shape index (κ2) is 6.53. The maximum Gasteiger partial charge on any atom is 0.225 e. The molecule has 106 valence electrons. The number of nitrogens with zero attached hydrogens (tertiary/aromatic N) is 4. The van der Waals surface area contributed by atoms with Crippen LogP contribution in [0, 0.1) is 12.8 Å². The topological polar surface area (TPSA) is 32.3 Å². The highest BCUT2D eigenvalue weighted by Crippen LogP contribution is 2.21. The van der Waals surface area contributed by atoms with Crippen LogP contribution in [0.4, 0.5) is 5.95 Å². The van der Waals surface area contributed by atoms with Gasteiger partial charge in [-0.3, -0.25) is 0 Å². The first-order chi connectivity index (χ1) is 9.08. The molecule has 19 heavy (non-hydrogen) atoms. The Balaban J connectivity index is 1.99. The fourth-order valence-electron chi connectivity index (χ4n) is 2.66. The van der Waals surface area contributed by atoms with Gasteiger partial charge in [0, 0.05) is 25.3 Å². The van der Waals surface area contributed by atoms with Gasteiger partial charge in [0.25, 0.3) is 0 Å². The highest BCUT2D eigenvalue weighted by molar-refractivity contribution is 6.16. The molecule has 0 saturated carbocycles. The number of halogens is 1. The van der Waals surface area contributed by atoms with Gasteiger partial charge in [0.15, 0.2) is 0 Å². The molecule has 1 aromatic heterocycles. The van der Waals surface area contributed by atoms with Crippen molar-refractivity contribution < 1.29 is 0 Å². The average Bonchev–Trinajstić information content (AvgIpc) is 2.38. The molecule has 1 aliphatic rings. The minimum Gasteiger partial charge on any atom is -0.341 e. The second-order valence-electron chi connectivity index (χ2n) is 5.63. The van der Waals surface area contributed by atoms with Crippen LogP contribution >= 0.6 is 11.6 Å². The SMILES string of the molecule is Cc1cc(CCl)nc(N2CCC(CN(C)C)CC2)n1. The number of anilines is 1. The van der Waals surface area contributed by atoms with Crippen LogP contribution in [0.2, 0.25) is 0 Å². The van der Waals surface area contributed by atoms with Gasteiger partial charge in [0.1, 0.15) is 0 Å². The van der Waals surface area contributed by atoms with Crippen LogP contribution < -0.4 is 4.90 Å². The van der Waals surface area contributed by atoms with Crippen molar-refractivity contribution in [2.45, 2.75) is 25.6 Å². The summed E-state index contributed by atoms with van der Waals surface area (Å²) in [6, 6.07) is 1.95. The molecule has 0 unspecified atom stereocenters. The van der Waals surface area contributed by atoms with Crippen LogP contribution in [0.25, 0.3) is 0 Å². The molecule has 0 aliphatic carbocycles. The maximum absolute atomic E-state index is 5.88. The summed E-state index contributed by atoms with van der Waals surface area (Å²) < 4.78 is 0. The molecule has 0 amide bonds. The lowest BCUT2D eigenvalue weighted by atomic mass is 9.97. The Labute approximate surface area is 120 Å². The van der Waals surface area contributed by atoms with Crippen molar-refractivity contribution in [3.8, 4) is 0 Å². The van der Waals surface area contributed by atoms with E-state index in [1.165, 1.54) is 19.4 Å². The quantitative estimate of drug-likeness (QED) is 0.794.